The number of nitrogen functional groups attached to an aromatic ring is 1. The molecule has 2 rings (SSSR count). The molecule has 0 radical (unpaired) electrons. The van der Waals surface area contributed by atoms with Gasteiger partial charge in [-0.2, -0.15) is 0 Å². The van der Waals surface area contributed by atoms with Crippen molar-refractivity contribution in [2.75, 3.05) is 17.2 Å². The highest BCUT2D eigenvalue weighted by Crippen LogP contribution is 2.39. The molecule has 1 aliphatic rings. The van der Waals surface area contributed by atoms with Crippen LogP contribution in [0.5, 0.6) is 5.75 Å². The quantitative estimate of drug-likeness (QED) is 0.657. The molecule has 1 aliphatic heterocycles. The number of carbonyl (C=O) groups is 1. The highest BCUT2D eigenvalue weighted by Gasteiger charge is 2.36. The second-order valence-electron chi connectivity index (χ2n) is 4.71. The Bertz CT molecular complexity index is 483. The van der Waals surface area contributed by atoms with E-state index in [-0.39, 0.29) is 11.8 Å². The van der Waals surface area contributed by atoms with Crippen LogP contribution in [0.3, 0.4) is 0 Å². The third kappa shape index (κ3) is 1.94. The fourth-order valence-electron chi connectivity index (χ4n) is 2.11. The van der Waals surface area contributed by atoms with Gasteiger partial charge in [0.15, 0.2) is 6.10 Å². The Hall–Kier alpha value is -1.97. The van der Waals surface area contributed by atoms with Gasteiger partial charge in [-0.05, 0) is 18.1 Å². The summed E-state index contributed by atoms with van der Waals surface area (Å²) >= 11 is 0. The number of benzene rings is 1. The minimum absolute atomic E-state index is 0.0599. The molecule has 4 nitrogen and oxygen atoms in total. The molecule has 0 saturated carbocycles. The number of hydrogen-bond donors (Lipinski definition) is 1. The van der Waals surface area contributed by atoms with Gasteiger partial charge >= 0.3 is 0 Å². The fraction of sp³-hybridized carbons (Fsp3) is 0.357. The van der Waals surface area contributed by atoms with Crippen LogP contribution in [0.15, 0.2) is 30.9 Å². The number of para-hydroxylation sites is 1. The molecule has 1 aromatic carbocycles. The molecule has 1 amide bonds. The molecule has 2 N–H and O–H groups in total. The van der Waals surface area contributed by atoms with E-state index in [9.17, 15) is 4.79 Å². The first-order valence-corrected chi connectivity index (χ1v) is 6.03. The largest absolute Gasteiger partial charge is 0.478 e. The minimum atomic E-state index is -0.459. The van der Waals surface area contributed by atoms with Crippen LogP contribution in [0.4, 0.5) is 11.4 Å². The lowest BCUT2D eigenvalue weighted by Crippen LogP contribution is -2.48. The van der Waals surface area contributed by atoms with E-state index >= 15 is 0 Å². The maximum Gasteiger partial charge on any atom is 0.268 e. The zero-order valence-electron chi connectivity index (χ0n) is 10.7. The van der Waals surface area contributed by atoms with E-state index in [1.165, 1.54) is 0 Å². The van der Waals surface area contributed by atoms with Crippen molar-refractivity contribution in [1.82, 2.24) is 0 Å². The molecule has 18 heavy (non-hydrogen) atoms. The molecule has 1 unspecified atom stereocenters. The van der Waals surface area contributed by atoms with Gasteiger partial charge in [0.25, 0.3) is 5.91 Å². The Morgan fingerprint density at radius 3 is 2.89 bits per heavy atom. The number of anilines is 2. The number of nitrogens with zero attached hydrogens (tertiary/aromatic N) is 1. The second kappa shape index (κ2) is 4.72. The lowest BCUT2D eigenvalue weighted by Gasteiger charge is -2.36. The zero-order valence-corrected chi connectivity index (χ0v) is 10.7. The van der Waals surface area contributed by atoms with Gasteiger partial charge in [-0.1, -0.05) is 26.0 Å². The SMILES string of the molecule is C=CCN1C(=O)C(C(C)C)Oc2cccc(N)c21. The lowest BCUT2D eigenvalue weighted by molar-refractivity contribution is -0.128. The van der Waals surface area contributed by atoms with Gasteiger partial charge in [-0.25, -0.2) is 0 Å². The minimum Gasteiger partial charge on any atom is -0.478 e. The van der Waals surface area contributed by atoms with Gasteiger partial charge < -0.3 is 15.4 Å². The molecule has 0 bridgehead atoms. The summed E-state index contributed by atoms with van der Waals surface area (Å²) in [6, 6.07) is 5.43. The van der Waals surface area contributed by atoms with Crippen molar-refractivity contribution >= 4 is 17.3 Å². The second-order valence-corrected chi connectivity index (χ2v) is 4.71. The van der Waals surface area contributed by atoms with Crippen molar-refractivity contribution in [1.29, 1.82) is 0 Å². The van der Waals surface area contributed by atoms with Crippen LogP contribution in [0, 0.1) is 5.92 Å². The van der Waals surface area contributed by atoms with Crippen LogP contribution in [-0.4, -0.2) is 18.6 Å². The highest BCUT2D eigenvalue weighted by molar-refractivity contribution is 6.03. The van der Waals surface area contributed by atoms with Crippen molar-refractivity contribution in [3.8, 4) is 5.75 Å². The van der Waals surface area contributed by atoms with Crippen LogP contribution in [0.2, 0.25) is 0 Å². The summed E-state index contributed by atoms with van der Waals surface area (Å²) in [6.07, 6.45) is 1.23. The van der Waals surface area contributed by atoms with Crippen LogP contribution in [-0.2, 0) is 4.79 Å². The Kier molecular flexibility index (Phi) is 3.28. The van der Waals surface area contributed by atoms with Crippen molar-refractivity contribution in [2.24, 2.45) is 5.92 Å². The number of fused-ring (bicyclic) bond motifs is 1. The average Bonchev–Trinajstić information content (AvgIpc) is 2.32. The summed E-state index contributed by atoms with van der Waals surface area (Å²) in [7, 11) is 0. The molecule has 0 spiro atoms. The standard InChI is InChI=1S/C14H18N2O2/c1-4-8-16-12-10(15)6-5-7-11(12)18-13(9(2)3)14(16)17/h4-7,9,13H,1,8,15H2,2-3H3. The number of rotatable bonds is 3. The van der Waals surface area contributed by atoms with Crippen molar-refractivity contribution in [2.45, 2.75) is 20.0 Å². The monoisotopic (exact) mass is 246 g/mol. The third-order valence-corrected chi connectivity index (χ3v) is 2.98. The van der Waals surface area contributed by atoms with Crippen LogP contribution in [0.1, 0.15) is 13.8 Å². The van der Waals surface area contributed by atoms with Gasteiger partial charge in [0, 0.05) is 6.54 Å². The van der Waals surface area contributed by atoms with Gasteiger partial charge in [0.1, 0.15) is 11.4 Å². The van der Waals surface area contributed by atoms with Crippen molar-refractivity contribution in [3.63, 3.8) is 0 Å². The Morgan fingerprint density at radius 2 is 2.28 bits per heavy atom. The highest BCUT2D eigenvalue weighted by atomic mass is 16.5. The average molecular weight is 246 g/mol. The summed E-state index contributed by atoms with van der Waals surface area (Å²) in [4.78, 5) is 14.0. The first-order valence-electron chi connectivity index (χ1n) is 6.03. The number of ether oxygens (including phenoxy) is 1. The molecular weight excluding hydrogens is 228 g/mol. The third-order valence-electron chi connectivity index (χ3n) is 2.98. The van der Waals surface area contributed by atoms with Crippen LogP contribution in [0.25, 0.3) is 0 Å². The van der Waals surface area contributed by atoms with Crippen LogP contribution >= 0.6 is 0 Å². The number of amides is 1. The molecule has 0 aliphatic carbocycles. The molecule has 0 aromatic heterocycles. The first-order chi connectivity index (χ1) is 8.56. The molecule has 1 aromatic rings. The summed E-state index contributed by atoms with van der Waals surface area (Å²) in [5.74, 6) is 0.713. The predicted octanol–water partition coefficient (Wildman–Crippen LogP) is 2.20. The number of carbonyl (C=O) groups excluding carboxylic acids is 1. The Balaban J connectivity index is 2.51. The van der Waals surface area contributed by atoms with Crippen molar-refractivity contribution in [3.05, 3.63) is 30.9 Å². The normalized spacial score (nSPS) is 18.5. The summed E-state index contributed by atoms with van der Waals surface area (Å²) in [5, 5.41) is 0. The molecule has 1 heterocycles. The van der Waals surface area contributed by atoms with Gasteiger partial charge in [0.2, 0.25) is 0 Å². The predicted molar refractivity (Wildman–Crippen MR) is 72.7 cm³/mol. The van der Waals surface area contributed by atoms with E-state index in [1.807, 2.05) is 26.0 Å². The molecule has 1 atom stereocenters. The zero-order chi connectivity index (χ0) is 13.3. The molecule has 96 valence electrons. The van der Waals surface area contributed by atoms with E-state index in [1.54, 1.807) is 17.0 Å². The smallest absolute Gasteiger partial charge is 0.268 e. The Labute approximate surface area is 107 Å². The summed E-state index contributed by atoms with van der Waals surface area (Å²) < 4.78 is 5.76. The first kappa shape index (κ1) is 12.5. The van der Waals surface area contributed by atoms with E-state index in [2.05, 4.69) is 6.58 Å². The summed E-state index contributed by atoms with van der Waals surface area (Å²) in [5.41, 5.74) is 7.14. The molecular formula is C14H18N2O2. The molecule has 0 saturated heterocycles. The maximum atomic E-state index is 12.4. The maximum absolute atomic E-state index is 12.4. The van der Waals surface area contributed by atoms with Gasteiger partial charge in [0.05, 0.1) is 5.69 Å². The van der Waals surface area contributed by atoms with E-state index < -0.39 is 6.10 Å². The van der Waals surface area contributed by atoms with Crippen LogP contribution < -0.4 is 15.4 Å². The van der Waals surface area contributed by atoms with E-state index in [4.69, 9.17) is 10.5 Å². The lowest BCUT2D eigenvalue weighted by atomic mass is 10.0. The Morgan fingerprint density at radius 1 is 1.56 bits per heavy atom. The van der Waals surface area contributed by atoms with Gasteiger partial charge in [-0.3, -0.25) is 4.79 Å². The van der Waals surface area contributed by atoms with E-state index in [0.717, 1.165) is 0 Å². The summed E-state index contributed by atoms with van der Waals surface area (Å²) in [6.45, 7) is 8.05. The number of hydrogen-bond acceptors (Lipinski definition) is 3. The fourth-order valence-corrected chi connectivity index (χ4v) is 2.11. The molecule has 0 fully saturated rings. The topological polar surface area (TPSA) is 55.6 Å². The molecule has 4 heteroatoms. The number of nitrogens with two attached hydrogens (primary N) is 1. The van der Waals surface area contributed by atoms with E-state index in [0.29, 0.717) is 23.7 Å². The van der Waals surface area contributed by atoms with Crippen molar-refractivity contribution < 1.29 is 9.53 Å². The van der Waals surface area contributed by atoms with Gasteiger partial charge in [-0.15, -0.1) is 6.58 Å².